The summed E-state index contributed by atoms with van der Waals surface area (Å²) < 4.78 is 2.58. The molecule has 102 valence electrons. The Morgan fingerprint density at radius 3 is 2.78 bits per heavy atom. The summed E-state index contributed by atoms with van der Waals surface area (Å²) in [6.07, 6.45) is 5.96. The second-order valence-electron chi connectivity index (χ2n) is 6.87. The van der Waals surface area contributed by atoms with Crippen molar-refractivity contribution in [2.45, 2.75) is 57.9 Å². The van der Waals surface area contributed by atoms with Crippen LogP contribution in [0.3, 0.4) is 0 Å². The van der Waals surface area contributed by atoms with Crippen LogP contribution in [0.5, 0.6) is 0 Å². The molecule has 1 aliphatic rings. The number of aliphatic hydroxyl groups excluding tert-OH is 1. The molecule has 18 heavy (non-hydrogen) atoms. The molecule has 1 atom stereocenters. The molecule has 0 amide bonds. The Hall–Kier alpha value is -0.410. The van der Waals surface area contributed by atoms with Gasteiger partial charge in [-0.2, -0.15) is 11.8 Å². The lowest BCUT2D eigenvalue weighted by atomic mass is 9.75. The van der Waals surface area contributed by atoms with E-state index >= 15 is 0 Å². The highest BCUT2D eigenvalue weighted by molar-refractivity contribution is 7.99. The van der Waals surface area contributed by atoms with Gasteiger partial charge < -0.3 is 9.67 Å². The molecule has 1 aliphatic carbocycles. The predicted octanol–water partition coefficient (Wildman–Crippen LogP) is 3.64. The van der Waals surface area contributed by atoms with Crippen molar-refractivity contribution in [3.63, 3.8) is 0 Å². The van der Waals surface area contributed by atoms with Crippen molar-refractivity contribution in [1.82, 2.24) is 4.57 Å². The van der Waals surface area contributed by atoms with Crippen LogP contribution in [-0.2, 0) is 13.0 Å². The van der Waals surface area contributed by atoms with Crippen molar-refractivity contribution in [3.05, 3.63) is 23.5 Å². The van der Waals surface area contributed by atoms with Crippen molar-refractivity contribution < 1.29 is 5.11 Å². The number of aliphatic hydroxyl groups is 1. The number of hydrogen-bond acceptors (Lipinski definition) is 2. The fourth-order valence-corrected chi connectivity index (χ4v) is 3.08. The average molecular weight is 267 g/mol. The predicted molar refractivity (Wildman–Crippen MR) is 79.1 cm³/mol. The summed E-state index contributed by atoms with van der Waals surface area (Å²) in [4.78, 5) is 0. The van der Waals surface area contributed by atoms with Crippen LogP contribution in [0.15, 0.2) is 12.3 Å². The van der Waals surface area contributed by atoms with Gasteiger partial charge in [-0.1, -0.05) is 13.8 Å². The fraction of sp³-hybridized carbons (Fsp3) is 0.733. The van der Waals surface area contributed by atoms with E-state index < -0.39 is 0 Å². The highest BCUT2D eigenvalue weighted by Crippen LogP contribution is 2.41. The zero-order valence-corrected chi connectivity index (χ0v) is 13.0. The number of fused-ring (bicyclic) bond motifs is 1. The first-order valence-corrected chi connectivity index (χ1v) is 7.88. The van der Waals surface area contributed by atoms with E-state index in [1.165, 1.54) is 5.69 Å². The van der Waals surface area contributed by atoms with Crippen molar-refractivity contribution in [1.29, 1.82) is 0 Å². The van der Waals surface area contributed by atoms with Gasteiger partial charge in [-0.05, 0) is 44.4 Å². The highest BCUT2D eigenvalue weighted by Gasteiger charge is 2.33. The molecule has 2 nitrogen and oxygen atoms in total. The van der Waals surface area contributed by atoms with Crippen LogP contribution in [-0.4, -0.2) is 20.7 Å². The molecular formula is C15H25NOS. The van der Waals surface area contributed by atoms with E-state index in [9.17, 15) is 5.11 Å². The smallest absolute Gasteiger partial charge is 0.0812 e. The van der Waals surface area contributed by atoms with E-state index in [1.807, 2.05) is 11.8 Å². The molecule has 0 aromatic carbocycles. The van der Waals surface area contributed by atoms with Gasteiger partial charge in [-0.3, -0.25) is 0 Å². The number of rotatable bonds is 3. The topological polar surface area (TPSA) is 25.2 Å². The van der Waals surface area contributed by atoms with Gasteiger partial charge >= 0.3 is 0 Å². The summed E-state index contributed by atoms with van der Waals surface area (Å²) in [6, 6.07) is 2.10. The Bertz CT molecular complexity index is 434. The van der Waals surface area contributed by atoms with Crippen molar-refractivity contribution in [2.24, 2.45) is 5.41 Å². The molecule has 0 aliphatic heterocycles. The molecule has 0 saturated heterocycles. The molecule has 1 aromatic heterocycles. The molecule has 1 heterocycles. The molecule has 2 rings (SSSR count). The maximum absolute atomic E-state index is 10.2. The van der Waals surface area contributed by atoms with E-state index in [-0.39, 0.29) is 16.3 Å². The fourth-order valence-electron chi connectivity index (χ4n) is 2.81. The van der Waals surface area contributed by atoms with Crippen molar-refractivity contribution in [3.8, 4) is 0 Å². The SMILES string of the molecule is CSC(C)(C)Cn1ccc2c1CC(C)(C)CC2O. The summed E-state index contributed by atoms with van der Waals surface area (Å²) in [6.45, 7) is 10.0. The summed E-state index contributed by atoms with van der Waals surface area (Å²) in [7, 11) is 0. The molecule has 0 bridgehead atoms. The lowest BCUT2D eigenvalue weighted by Gasteiger charge is -2.35. The number of thioether (sulfide) groups is 1. The minimum Gasteiger partial charge on any atom is -0.388 e. The largest absolute Gasteiger partial charge is 0.388 e. The van der Waals surface area contributed by atoms with E-state index in [0.29, 0.717) is 0 Å². The zero-order valence-electron chi connectivity index (χ0n) is 12.2. The van der Waals surface area contributed by atoms with Crippen molar-refractivity contribution in [2.75, 3.05) is 6.26 Å². The molecule has 0 saturated carbocycles. The lowest BCUT2D eigenvalue weighted by Crippen LogP contribution is -2.29. The highest BCUT2D eigenvalue weighted by atomic mass is 32.2. The molecule has 1 N–H and O–H groups in total. The van der Waals surface area contributed by atoms with E-state index in [2.05, 4.69) is 50.8 Å². The minimum absolute atomic E-state index is 0.200. The van der Waals surface area contributed by atoms with Gasteiger partial charge in [0.25, 0.3) is 0 Å². The molecule has 0 fully saturated rings. The van der Waals surface area contributed by atoms with Gasteiger partial charge in [0.15, 0.2) is 0 Å². The van der Waals surface area contributed by atoms with Gasteiger partial charge in [0.2, 0.25) is 0 Å². The minimum atomic E-state index is -0.289. The standard InChI is InChI=1S/C15H25NOS/c1-14(2)8-12-11(13(17)9-14)6-7-16(12)10-15(3,4)18-5/h6-7,13,17H,8-10H2,1-5H3. The third-order valence-corrected chi connectivity index (χ3v) is 5.20. The van der Waals surface area contributed by atoms with E-state index in [0.717, 1.165) is 24.9 Å². The Balaban J connectivity index is 2.31. The summed E-state index contributed by atoms with van der Waals surface area (Å²) in [5.41, 5.74) is 2.68. The first-order chi connectivity index (χ1) is 8.24. The van der Waals surface area contributed by atoms with Gasteiger partial charge in [0, 0.05) is 28.7 Å². The maximum atomic E-state index is 10.2. The van der Waals surface area contributed by atoms with Crippen LogP contribution in [0.4, 0.5) is 0 Å². The number of hydrogen-bond donors (Lipinski definition) is 1. The van der Waals surface area contributed by atoms with Crippen LogP contribution in [0.25, 0.3) is 0 Å². The van der Waals surface area contributed by atoms with Gasteiger partial charge in [0.1, 0.15) is 0 Å². The van der Waals surface area contributed by atoms with Gasteiger partial charge in [0.05, 0.1) is 6.10 Å². The Morgan fingerprint density at radius 2 is 2.17 bits per heavy atom. The zero-order chi connectivity index (χ0) is 13.6. The second kappa shape index (κ2) is 4.61. The second-order valence-corrected chi connectivity index (χ2v) is 8.38. The molecule has 0 spiro atoms. The Morgan fingerprint density at radius 1 is 1.50 bits per heavy atom. The maximum Gasteiger partial charge on any atom is 0.0812 e. The summed E-state index contributed by atoms with van der Waals surface area (Å²) in [5.74, 6) is 0. The Kier molecular flexibility index (Phi) is 3.58. The van der Waals surface area contributed by atoms with Crippen LogP contribution < -0.4 is 0 Å². The lowest BCUT2D eigenvalue weighted by molar-refractivity contribution is 0.0978. The van der Waals surface area contributed by atoms with Crippen LogP contribution in [0.2, 0.25) is 0 Å². The normalized spacial score (nSPS) is 22.9. The van der Waals surface area contributed by atoms with Crippen LogP contribution in [0, 0.1) is 5.41 Å². The van der Waals surface area contributed by atoms with Gasteiger partial charge in [-0.25, -0.2) is 0 Å². The molecule has 3 heteroatoms. The van der Waals surface area contributed by atoms with E-state index in [4.69, 9.17) is 0 Å². The third kappa shape index (κ3) is 2.77. The summed E-state index contributed by atoms with van der Waals surface area (Å²) in [5, 5.41) is 10.2. The molecular weight excluding hydrogens is 242 g/mol. The first kappa shape index (κ1) is 14.0. The monoisotopic (exact) mass is 267 g/mol. The number of nitrogens with zero attached hydrogens (tertiary/aromatic N) is 1. The van der Waals surface area contributed by atoms with Gasteiger partial charge in [-0.15, -0.1) is 0 Å². The summed E-state index contributed by atoms with van der Waals surface area (Å²) >= 11 is 1.89. The molecule has 1 unspecified atom stereocenters. The molecule has 1 aromatic rings. The van der Waals surface area contributed by atoms with Crippen LogP contribution in [0.1, 0.15) is 51.5 Å². The van der Waals surface area contributed by atoms with Crippen molar-refractivity contribution >= 4 is 11.8 Å². The average Bonchev–Trinajstić information content (AvgIpc) is 2.59. The van der Waals surface area contributed by atoms with Crippen LogP contribution >= 0.6 is 11.8 Å². The Labute approximate surface area is 115 Å². The van der Waals surface area contributed by atoms with E-state index in [1.54, 1.807) is 0 Å². The first-order valence-electron chi connectivity index (χ1n) is 6.65. The number of aromatic nitrogens is 1. The molecule has 0 radical (unpaired) electrons. The third-order valence-electron chi connectivity index (χ3n) is 3.97. The quantitative estimate of drug-likeness (QED) is 0.904.